The zero-order valence-electron chi connectivity index (χ0n) is 10.3. The average molecular weight is 210 g/mol. The number of likely N-dealkylation sites (tertiary alicyclic amines) is 1. The van der Waals surface area contributed by atoms with Gasteiger partial charge in [0, 0.05) is 12.6 Å². The molecular formula is C13H26N2. The molecule has 2 heteroatoms. The van der Waals surface area contributed by atoms with Crippen molar-refractivity contribution in [2.24, 2.45) is 17.1 Å². The molecular weight excluding hydrogens is 184 g/mol. The second-order valence-electron chi connectivity index (χ2n) is 6.40. The van der Waals surface area contributed by atoms with Gasteiger partial charge in [-0.25, -0.2) is 0 Å². The molecule has 0 radical (unpaired) electrons. The molecule has 0 bridgehead atoms. The highest BCUT2D eigenvalue weighted by Crippen LogP contribution is 2.31. The molecule has 2 atom stereocenters. The molecule has 0 amide bonds. The van der Waals surface area contributed by atoms with Crippen molar-refractivity contribution in [3.63, 3.8) is 0 Å². The van der Waals surface area contributed by atoms with Crippen LogP contribution < -0.4 is 5.73 Å². The van der Waals surface area contributed by atoms with Gasteiger partial charge in [0.25, 0.3) is 0 Å². The molecule has 2 N–H and O–H groups in total. The van der Waals surface area contributed by atoms with Crippen molar-refractivity contribution in [3.05, 3.63) is 0 Å². The average Bonchev–Trinajstić information content (AvgIpc) is 2.55. The van der Waals surface area contributed by atoms with Crippen molar-refractivity contribution in [1.29, 1.82) is 0 Å². The van der Waals surface area contributed by atoms with Crippen molar-refractivity contribution < 1.29 is 0 Å². The van der Waals surface area contributed by atoms with Crippen molar-refractivity contribution in [3.8, 4) is 0 Å². The lowest BCUT2D eigenvalue weighted by atomic mass is 9.82. The van der Waals surface area contributed by atoms with Crippen molar-refractivity contribution >= 4 is 0 Å². The smallest absolute Gasteiger partial charge is 0.00420 e. The van der Waals surface area contributed by atoms with Crippen LogP contribution >= 0.6 is 0 Å². The van der Waals surface area contributed by atoms with Gasteiger partial charge < -0.3 is 10.6 Å². The van der Waals surface area contributed by atoms with E-state index in [2.05, 4.69) is 18.7 Å². The summed E-state index contributed by atoms with van der Waals surface area (Å²) in [5, 5.41) is 0. The molecule has 2 rings (SSSR count). The summed E-state index contributed by atoms with van der Waals surface area (Å²) in [6, 6.07) is 0.497. The molecule has 2 nitrogen and oxygen atoms in total. The van der Waals surface area contributed by atoms with E-state index in [1.54, 1.807) is 0 Å². The quantitative estimate of drug-likeness (QED) is 0.757. The Kier molecular flexibility index (Phi) is 3.36. The Morgan fingerprint density at radius 1 is 1.20 bits per heavy atom. The first-order chi connectivity index (χ1) is 7.05. The Balaban J connectivity index is 1.73. The first kappa shape index (κ1) is 11.4. The van der Waals surface area contributed by atoms with E-state index in [1.165, 1.54) is 51.7 Å². The van der Waals surface area contributed by atoms with Crippen molar-refractivity contribution in [1.82, 2.24) is 4.90 Å². The Hall–Kier alpha value is -0.0800. The maximum atomic E-state index is 5.95. The molecule has 1 saturated heterocycles. The highest BCUT2D eigenvalue weighted by molar-refractivity contribution is 4.83. The van der Waals surface area contributed by atoms with Crippen LogP contribution in [-0.2, 0) is 0 Å². The minimum Gasteiger partial charge on any atom is -0.328 e. The van der Waals surface area contributed by atoms with Crippen LogP contribution in [0.25, 0.3) is 0 Å². The molecule has 2 fully saturated rings. The molecule has 0 aromatic carbocycles. The van der Waals surface area contributed by atoms with Gasteiger partial charge >= 0.3 is 0 Å². The fraction of sp³-hybridized carbons (Fsp3) is 1.00. The third-order valence-corrected chi connectivity index (χ3v) is 4.31. The van der Waals surface area contributed by atoms with Gasteiger partial charge in [0.05, 0.1) is 0 Å². The van der Waals surface area contributed by atoms with E-state index in [9.17, 15) is 0 Å². The van der Waals surface area contributed by atoms with Crippen molar-refractivity contribution in [2.45, 2.75) is 52.0 Å². The summed E-state index contributed by atoms with van der Waals surface area (Å²) in [5.74, 6) is 0.890. The molecule has 0 aromatic rings. The zero-order chi connectivity index (χ0) is 10.9. The molecule has 2 unspecified atom stereocenters. The van der Waals surface area contributed by atoms with E-state index in [-0.39, 0.29) is 0 Å². The summed E-state index contributed by atoms with van der Waals surface area (Å²) >= 11 is 0. The van der Waals surface area contributed by atoms with Crippen LogP contribution in [0, 0.1) is 11.3 Å². The Morgan fingerprint density at radius 3 is 2.40 bits per heavy atom. The van der Waals surface area contributed by atoms with E-state index in [0.29, 0.717) is 11.5 Å². The van der Waals surface area contributed by atoms with Gasteiger partial charge in [-0.2, -0.15) is 0 Å². The minimum atomic E-state index is 0.497. The van der Waals surface area contributed by atoms with E-state index >= 15 is 0 Å². The molecule has 88 valence electrons. The second-order valence-corrected chi connectivity index (χ2v) is 6.40. The first-order valence-electron chi connectivity index (χ1n) is 6.53. The van der Waals surface area contributed by atoms with Crippen LogP contribution in [-0.4, -0.2) is 30.6 Å². The van der Waals surface area contributed by atoms with Gasteiger partial charge in [0.15, 0.2) is 0 Å². The maximum Gasteiger partial charge on any atom is 0.00420 e. The van der Waals surface area contributed by atoms with E-state index < -0.39 is 0 Å². The Bertz CT molecular complexity index is 203. The van der Waals surface area contributed by atoms with E-state index in [0.717, 1.165) is 5.92 Å². The van der Waals surface area contributed by atoms with Gasteiger partial charge in [-0.05, 0) is 56.5 Å². The largest absolute Gasteiger partial charge is 0.328 e. The van der Waals surface area contributed by atoms with E-state index in [1.807, 2.05) is 0 Å². The lowest BCUT2D eigenvalue weighted by Gasteiger charge is -2.38. The van der Waals surface area contributed by atoms with Gasteiger partial charge in [0.1, 0.15) is 0 Å². The highest BCUT2D eigenvalue weighted by atomic mass is 15.1. The first-order valence-corrected chi connectivity index (χ1v) is 6.53. The molecule has 2 aliphatic rings. The monoisotopic (exact) mass is 210 g/mol. The minimum absolute atomic E-state index is 0.497. The van der Waals surface area contributed by atoms with E-state index in [4.69, 9.17) is 5.73 Å². The molecule has 0 spiro atoms. The third kappa shape index (κ3) is 3.18. The summed E-state index contributed by atoms with van der Waals surface area (Å²) < 4.78 is 0. The summed E-state index contributed by atoms with van der Waals surface area (Å²) in [5.41, 5.74) is 6.54. The van der Waals surface area contributed by atoms with Gasteiger partial charge in [-0.3, -0.25) is 0 Å². The number of piperidine rings is 1. The molecule has 1 heterocycles. The number of hydrogen-bond donors (Lipinski definition) is 1. The third-order valence-electron chi connectivity index (χ3n) is 4.31. The fourth-order valence-corrected chi connectivity index (χ4v) is 2.99. The molecule has 15 heavy (non-hydrogen) atoms. The van der Waals surface area contributed by atoms with Gasteiger partial charge in [-0.15, -0.1) is 0 Å². The number of nitrogens with two attached hydrogens (primary N) is 1. The number of rotatable bonds is 2. The topological polar surface area (TPSA) is 29.3 Å². The lowest BCUT2D eigenvalue weighted by molar-refractivity contribution is 0.117. The van der Waals surface area contributed by atoms with Crippen LogP contribution in [0.2, 0.25) is 0 Å². The fourth-order valence-electron chi connectivity index (χ4n) is 2.99. The van der Waals surface area contributed by atoms with Crippen LogP contribution in [0.5, 0.6) is 0 Å². The number of hydrogen-bond acceptors (Lipinski definition) is 2. The van der Waals surface area contributed by atoms with Gasteiger partial charge in [0.2, 0.25) is 0 Å². The normalized spacial score (nSPS) is 37.0. The van der Waals surface area contributed by atoms with Gasteiger partial charge in [-0.1, -0.05) is 13.8 Å². The Morgan fingerprint density at radius 2 is 1.87 bits per heavy atom. The molecule has 1 aliphatic carbocycles. The SMILES string of the molecule is CC1(C)CCN(CC2CCC(N)C2)CC1. The molecule has 0 aromatic heterocycles. The van der Waals surface area contributed by atoms with Crippen LogP contribution in [0.3, 0.4) is 0 Å². The predicted octanol–water partition coefficient (Wildman–Crippen LogP) is 2.24. The predicted molar refractivity (Wildman–Crippen MR) is 64.8 cm³/mol. The zero-order valence-corrected chi connectivity index (χ0v) is 10.3. The van der Waals surface area contributed by atoms with Crippen molar-refractivity contribution in [2.75, 3.05) is 19.6 Å². The van der Waals surface area contributed by atoms with Crippen LogP contribution in [0.4, 0.5) is 0 Å². The second kappa shape index (κ2) is 4.42. The molecule has 1 aliphatic heterocycles. The Labute approximate surface area is 94.2 Å². The maximum absolute atomic E-state index is 5.95. The summed E-state index contributed by atoms with van der Waals surface area (Å²) in [7, 11) is 0. The number of nitrogens with zero attached hydrogens (tertiary/aromatic N) is 1. The molecule has 1 saturated carbocycles. The summed E-state index contributed by atoms with van der Waals surface area (Å²) in [6.07, 6.45) is 6.61. The highest BCUT2D eigenvalue weighted by Gasteiger charge is 2.28. The summed E-state index contributed by atoms with van der Waals surface area (Å²) in [6.45, 7) is 8.72. The van der Waals surface area contributed by atoms with Crippen LogP contribution in [0.15, 0.2) is 0 Å². The standard InChI is InChI=1S/C13H26N2/c1-13(2)5-7-15(8-6-13)10-11-3-4-12(14)9-11/h11-12H,3-10,14H2,1-2H3. The van der Waals surface area contributed by atoms with Crippen LogP contribution in [0.1, 0.15) is 46.0 Å². The lowest BCUT2D eigenvalue weighted by Crippen LogP contribution is -2.39. The summed E-state index contributed by atoms with van der Waals surface area (Å²) in [4.78, 5) is 2.66.